The molecule has 1 atom stereocenters. The van der Waals surface area contributed by atoms with Crippen molar-refractivity contribution in [2.24, 2.45) is 0 Å². The second-order valence-corrected chi connectivity index (χ2v) is 6.73. The predicted octanol–water partition coefficient (Wildman–Crippen LogP) is 6.71. The highest BCUT2D eigenvalue weighted by molar-refractivity contribution is 6.31. The monoisotopic (exact) mass is 386 g/mol. The van der Waals surface area contributed by atoms with Gasteiger partial charge in [0.05, 0.1) is 0 Å². The van der Waals surface area contributed by atoms with Gasteiger partial charge in [0.15, 0.2) is 0 Å². The fourth-order valence-corrected chi connectivity index (χ4v) is 3.47. The van der Waals surface area contributed by atoms with E-state index in [1.807, 2.05) is 0 Å². The van der Waals surface area contributed by atoms with E-state index in [0.29, 0.717) is 17.7 Å². The van der Waals surface area contributed by atoms with Crippen molar-refractivity contribution in [3.63, 3.8) is 0 Å². The summed E-state index contributed by atoms with van der Waals surface area (Å²) in [6.07, 6.45) is -10.9. The van der Waals surface area contributed by atoms with Gasteiger partial charge in [-0.2, -0.15) is 26.3 Å². The molecule has 0 amide bonds. The molecule has 0 aromatic heterocycles. The van der Waals surface area contributed by atoms with Crippen molar-refractivity contribution in [2.75, 3.05) is 0 Å². The van der Waals surface area contributed by atoms with Gasteiger partial charge in [-0.15, -0.1) is 0 Å². The third-order valence-corrected chi connectivity index (χ3v) is 4.52. The molecule has 1 aliphatic carbocycles. The molecule has 0 saturated carbocycles. The van der Waals surface area contributed by atoms with Gasteiger partial charge >= 0.3 is 18.0 Å². The molecule has 2 rings (SSSR count). The quantitative estimate of drug-likeness (QED) is 0.496. The Kier molecular flexibility index (Phi) is 4.79. The number of allylic oxidation sites excluding steroid dienone is 4. The molecule has 0 nitrogen and oxygen atoms in total. The number of halogens is 8. The topological polar surface area (TPSA) is 0 Å². The van der Waals surface area contributed by atoms with Crippen LogP contribution in [0.3, 0.4) is 0 Å². The molecule has 1 aromatic carbocycles. The van der Waals surface area contributed by atoms with Crippen LogP contribution in [0.25, 0.3) is 0 Å². The highest BCUT2D eigenvalue weighted by atomic mass is 35.5. The summed E-state index contributed by atoms with van der Waals surface area (Å²) in [4.78, 5) is 0. The number of rotatable bonds is 2. The normalized spacial score (nSPS) is 22.5. The smallest absolute Gasteiger partial charge is 0.218 e. The van der Waals surface area contributed by atoms with Gasteiger partial charge in [0.2, 0.25) is 0 Å². The van der Waals surface area contributed by atoms with E-state index < -0.39 is 29.0 Å². The Labute approximate surface area is 145 Å². The Balaban J connectivity index is 2.71. The molecule has 0 heterocycles. The molecule has 0 fully saturated rings. The Bertz CT molecular complexity index is 713. The average molecular weight is 387 g/mol. The van der Waals surface area contributed by atoms with E-state index in [1.54, 1.807) is 12.1 Å². The maximum atomic E-state index is 14.4. The molecule has 0 radical (unpaired) electrons. The molecule has 0 saturated heterocycles. The Morgan fingerprint density at radius 1 is 0.960 bits per heavy atom. The van der Waals surface area contributed by atoms with Crippen LogP contribution in [0.1, 0.15) is 25.8 Å². The van der Waals surface area contributed by atoms with Crippen LogP contribution in [-0.4, -0.2) is 18.0 Å². The zero-order valence-electron chi connectivity index (χ0n) is 13.2. The molecule has 138 valence electrons. The largest absolute Gasteiger partial charge is 0.435 e. The van der Waals surface area contributed by atoms with E-state index in [0.717, 1.165) is 0 Å². The summed E-state index contributed by atoms with van der Waals surface area (Å²) in [5.41, 5.74) is -7.72. The zero-order chi connectivity index (χ0) is 19.3. The molecule has 8 heteroatoms. The zero-order valence-corrected chi connectivity index (χ0v) is 14.0. The van der Waals surface area contributed by atoms with Gasteiger partial charge in [-0.3, -0.25) is 0 Å². The van der Waals surface area contributed by atoms with Gasteiger partial charge in [0.25, 0.3) is 0 Å². The van der Waals surface area contributed by atoms with Crippen LogP contribution in [0.2, 0.25) is 5.02 Å². The highest BCUT2D eigenvalue weighted by Gasteiger charge is 2.74. The first-order valence-electron chi connectivity index (χ1n) is 7.20. The minimum atomic E-state index is -6.15. The van der Waals surface area contributed by atoms with Crippen LogP contribution in [0.5, 0.6) is 0 Å². The first-order chi connectivity index (χ1) is 11.2. The standard InChI is InChI=1S/C17H14ClF7/c1-10-7-11(15(19,16(20,21)22)17(23,24)25)9-14(2,8-10)12-5-3-4-6-13(12)18/h3-7,9H,8H2,1-2H3. The minimum absolute atomic E-state index is 0.117. The van der Waals surface area contributed by atoms with Crippen molar-refractivity contribution in [1.29, 1.82) is 0 Å². The summed E-state index contributed by atoms with van der Waals surface area (Å²) in [6.45, 7) is 2.78. The Morgan fingerprint density at radius 2 is 1.48 bits per heavy atom. The number of alkyl halides is 7. The number of hydrogen-bond acceptors (Lipinski definition) is 0. The predicted molar refractivity (Wildman–Crippen MR) is 81.2 cm³/mol. The fraction of sp³-hybridized carbons (Fsp3) is 0.412. The van der Waals surface area contributed by atoms with E-state index in [1.165, 1.54) is 26.0 Å². The van der Waals surface area contributed by atoms with Crippen molar-refractivity contribution < 1.29 is 30.7 Å². The molecular formula is C17H14ClF7. The van der Waals surface area contributed by atoms with Crippen molar-refractivity contribution in [3.8, 4) is 0 Å². The van der Waals surface area contributed by atoms with E-state index in [4.69, 9.17) is 11.6 Å². The van der Waals surface area contributed by atoms with Crippen molar-refractivity contribution in [1.82, 2.24) is 0 Å². The van der Waals surface area contributed by atoms with Crippen LogP contribution in [-0.2, 0) is 5.41 Å². The number of hydrogen-bond donors (Lipinski definition) is 0. The van der Waals surface area contributed by atoms with Crippen LogP contribution in [0, 0.1) is 0 Å². The highest BCUT2D eigenvalue weighted by Crippen LogP contribution is 2.54. The molecule has 0 bridgehead atoms. The first-order valence-corrected chi connectivity index (χ1v) is 7.58. The SMILES string of the molecule is CC1=CC(C(F)(C(F)(F)F)C(F)(F)F)=CC(C)(c2ccccc2Cl)C1. The Morgan fingerprint density at radius 3 is 1.96 bits per heavy atom. The molecule has 25 heavy (non-hydrogen) atoms. The van der Waals surface area contributed by atoms with Crippen LogP contribution in [0.15, 0.2) is 47.6 Å². The van der Waals surface area contributed by atoms with E-state index in [-0.39, 0.29) is 17.0 Å². The molecule has 1 aliphatic rings. The third kappa shape index (κ3) is 3.30. The molecule has 0 aliphatic heterocycles. The minimum Gasteiger partial charge on any atom is -0.218 e. The van der Waals surface area contributed by atoms with E-state index in [2.05, 4.69) is 0 Å². The maximum Gasteiger partial charge on any atom is 0.435 e. The van der Waals surface area contributed by atoms with Crippen LogP contribution in [0.4, 0.5) is 30.7 Å². The van der Waals surface area contributed by atoms with Crippen LogP contribution < -0.4 is 0 Å². The lowest BCUT2D eigenvalue weighted by atomic mass is 9.70. The lowest BCUT2D eigenvalue weighted by Gasteiger charge is -2.38. The summed E-state index contributed by atoms with van der Waals surface area (Å²) in [5.74, 6) is 0. The van der Waals surface area contributed by atoms with Crippen molar-refractivity contribution in [2.45, 2.75) is 43.7 Å². The Hall–Kier alpha value is -1.50. The van der Waals surface area contributed by atoms with Gasteiger partial charge in [0.1, 0.15) is 0 Å². The summed E-state index contributed by atoms with van der Waals surface area (Å²) < 4.78 is 92.8. The first kappa shape index (κ1) is 19.8. The van der Waals surface area contributed by atoms with Crippen LogP contribution >= 0.6 is 11.6 Å². The van der Waals surface area contributed by atoms with Crippen molar-refractivity contribution in [3.05, 3.63) is 58.1 Å². The molecule has 0 spiro atoms. The molecule has 0 N–H and O–H groups in total. The number of benzene rings is 1. The fourth-order valence-electron chi connectivity index (χ4n) is 3.12. The van der Waals surface area contributed by atoms with Gasteiger partial charge in [-0.05, 0) is 25.0 Å². The lowest BCUT2D eigenvalue weighted by Crippen LogP contribution is -2.55. The van der Waals surface area contributed by atoms with Gasteiger partial charge in [-0.1, -0.05) is 54.4 Å². The second-order valence-electron chi connectivity index (χ2n) is 6.32. The maximum absolute atomic E-state index is 14.4. The van der Waals surface area contributed by atoms with Gasteiger partial charge in [0, 0.05) is 16.0 Å². The second kappa shape index (κ2) is 6.04. The van der Waals surface area contributed by atoms with Crippen molar-refractivity contribution >= 4 is 11.6 Å². The summed E-state index contributed by atoms with van der Waals surface area (Å²) in [7, 11) is 0. The van der Waals surface area contributed by atoms with E-state index >= 15 is 0 Å². The summed E-state index contributed by atoms with van der Waals surface area (Å²) in [5, 5.41) is 0.179. The molecule has 1 aromatic rings. The van der Waals surface area contributed by atoms with Gasteiger partial charge in [-0.25, -0.2) is 4.39 Å². The molecule has 1 unspecified atom stereocenters. The van der Waals surface area contributed by atoms with Gasteiger partial charge < -0.3 is 0 Å². The lowest BCUT2D eigenvalue weighted by molar-refractivity contribution is -0.325. The van der Waals surface area contributed by atoms with E-state index in [9.17, 15) is 30.7 Å². The summed E-state index contributed by atoms with van der Waals surface area (Å²) in [6, 6.07) is 6.11. The molecular weight excluding hydrogens is 373 g/mol. The third-order valence-electron chi connectivity index (χ3n) is 4.19. The average Bonchev–Trinajstić information content (AvgIpc) is 2.43. The summed E-state index contributed by atoms with van der Waals surface area (Å²) >= 11 is 6.05.